The van der Waals surface area contributed by atoms with Gasteiger partial charge in [0.1, 0.15) is 18.0 Å². The van der Waals surface area contributed by atoms with E-state index in [9.17, 15) is 4.79 Å². The predicted molar refractivity (Wildman–Crippen MR) is 104 cm³/mol. The summed E-state index contributed by atoms with van der Waals surface area (Å²) in [5.41, 5.74) is 0.367. The monoisotopic (exact) mass is 360 g/mol. The molecule has 1 aliphatic rings. The summed E-state index contributed by atoms with van der Waals surface area (Å²) in [6.45, 7) is 12.9. The number of amides is 1. The van der Waals surface area contributed by atoms with Gasteiger partial charge >= 0.3 is 6.09 Å². The lowest BCUT2D eigenvalue weighted by Gasteiger charge is -2.40. The number of nitrogens with zero attached hydrogens (tertiary/aromatic N) is 2. The van der Waals surface area contributed by atoms with Gasteiger partial charge in [0.25, 0.3) is 0 Å². The maximum Gasteiger partial charge on any atom is 0.410 e. The Labute approximate surface area is 158 Å². The van der Waals surface area contributed by atoms with E-state index in [0.717, 1.165) is 24.8 Å². The first kappa shape index (κ1) is 21.8. The molecule has 0 spiro atoms. The van der Waals surface area contributed by atoms with E-state index < -0.39 is 5.60 Å². The lowest BCUT2D eigenvalue weighted by molar-refractivity contribution is -0.0141. The average Bonchev–Trinajstić information content (AvgIpc) is 2.55. The van der Waals surface area contributed by atoms with Gasteiger partial charge in [-0.1, -0.05) is 32.6 Å². The average molecular weight is 360 g/mol. The van der Waals surface area contributed by atoms with Gasteiger partial charge in [0.2, 0.25) is 0 Å². The summed E-state index contributed by atoms with van der Waals surface area (Å²) in [4.78, 5) is 17.9. The normalized spacial score (nSPS) is 15.6. The first-order valence-corrected chi connectivity index (χ1v) is 9.45. The van der Waals surface area contributed by atoms with Gasteiger partial charge in [-0.2, -0.15) is 0 Å². The fourth-order valence-electron chi connectivity index (χ4n) is 2.22. The third-order valence-corrected chi connectivity index (χ3v) is 3.54. The van der Waals surface area contributed by atoms with Crippen molar-refractivity contribution in [1.82, 2.24) is 9.88 Å². The molecule has 1 saturated heterocycles. The van der Waals surface area contributed by atoms with Gasteiger partial charge in [-0.25, -0.2) is 4.79 Å². The molecule has 1 aliphatic heterocycles. The zero-order valence-corrected chi connectivity index (χ0v) is 17.0. The van der Waals surface area contributed by atoms with Gasteiger partial charge in [-0.15, -0.1) is 0 Å². The molecule has 1 atom stereocenters. The van der Waals surface area contributed by atoms with Crippen LogP contribution < -0.4 is 4.74 Å². The summed E-state index contributed by atoms with van der Waals surface area (Å²) in [5.74, 6) is 6.85. The second-order valence-electron chi connectivity index (χ2n) is 6.89. The van der Waals surface area contributed by atoms with Crippen molar-refractivity contribution in [3.63, 3.8) is 0 Å². The molecule has 1 amide bonds. The van der Waals surface area contributed by atoms with E-state index in [1.54, 1.807) is 17.3 Å². The van der Waals surface area contributed by atoms with Crippen molar-refractivity contribution < 1.29 is 14.3 Å². The minimum Gasteiger partial charge on any atom is -0.490 e. The van der Waals surface area contributed by atoms with Crippen molar-refractivity contribution in [3.05, 3.63) is 24.0 Å². The van der Waals surface area contributed by atoms with E-state index in [1.165, 1.54) is 0 Å². The van der Waals surface area contributed by atoms with Crippen molar-refractivity contribution in [1.29, 1.82) is 0 Å². The number of aromatic nitrogens is 1. The first-order chi connectivity index (χ1) is 12.4. The first-order valence-electron chi connectivity index (χ1n) is 9.45. The number of hydrogen-bond donors (Lipinski definition) is 0. The molecule has 2 heterocycles. The van der Waals surface area contributed by atoms with Gasteiger partial charge in [0.15, 0.2) is 0 Å². The largest absolute Gasteiger partial charge is 0.490 e. The van der Waals surface area contributed by atoms with Gasteiger partial charge in [-0.3, -0.25) is 4.98 Å². The van der Waals surface area contributed by atoms with Crippen LogP contribution in [0.5, 0.6) is 5.75 Å². The second kappa shape index (κ2) is 10.7. The van der Waals surface area contributed by atoms with Gasteiger partial charge in [-0.05, 0) is 39.7 Å². The van der Waals surface area contributed by atoms with Crippen LogP contribution in [0.1, 0.15) is 66.4 Å². The second-order valence-corrected chi connectivity index (χ2v) is 6.89. The summed E-state index contributed by atoms with van der Waals surface area (Å²) >= 11 is 0. The maximum atomic E-state index is 12.1. The Morgan fingerprint density at radius 3 is 2.65 bits per heavy atom. The molecular weight excluding hydrogens is 328 g/mol. The lowest BCUT2D eigenvalue weighted by Crippen LogP contribution is -2.55. The highest BCUT2D eigenvalue weighted by Gasteiger charge is 2.35. The van der Waals surface area contributed by atoms with Crippen LogP contribution in [0.15, 0.2) is 18.5 Å². The Hall–Kier alpha value is -2.22. The molecule has 26 heavy (non-hydrogen) atoms. The number of carbonyl (C=O) groups excluding carboxylic acids is 1. The van der Waals surface area contributed by atoms with Crippen LogP contribution in [0, 0.1) is 11.8 Å². The van der Waals surface area contributed by atoms with Crippen molar-refractivity contribution in [2.45, 2.75) is 72.4 Å². The van der Waals surface area contributed by atoms with Crippen molar-refractivity contribution in [2.24, 2.45) is 0 Å². The molecule has 0 bridgehead atoms. The van der Waals surface area contributed by atoms with Crippen LogP contribution in [-0.2, 0) is 4.74 Å². The Balaban J connectivity index is 0.00000163. The SMILES string of the molecule is CC.CCCC#Cc1cncc(OCC2CCN2C(=O)OC(C)(C)C)c1. The van der Waals surface area contributed by atoms with E-state index in [4.69, 9.17) is 9.47 Å². The minimum absolute atomic E-state index is 0.0506. The minimum atomic E-state index is -0.479. The molecule has 1 unspecified atom stereocenters. The van der Waals surface area contributed by atoms with Gasteiger partial charge < -0.3 is 14.4 Å². The van der Waals surface area contributed by atoms with E-state index in [-0.39, 0.29) is 12.1 Å². The Kier molecular flexibility index (Phi) is 8.98. The molecule has 0 radical (unpaired) electrons. The molecule has 0 aromatic carbocycles. The zero-order chi connectivity index (χ0) is 19.6. The van der Waals surface area contributed by atoms with E-state index in [0.29, 0.717) is 18.9 Å². The highest BCUT2D eigenvalue weighted by atomic mass is 16.6. The molecule has 0 N–H and O–H groups in total. The number of hydrogen-bond acceptors (Lipinski definition) is 4. The fourth-order valence-corrected chi connectivity index (χ4v) is 2.22. The third kappa shape index (κ3) is 7.35. The Morgan fingerprint density at radius 1 is 1.35 bits per heavy atom. The molecule has 144 valence electrons. The smallest absolute Gasteiger partial charge is 0.410 e. The molecular formula is C21H32N2O3. The number of unbranched alkanes of at least 4 members (excludes halogenated alkanes) is 1. The van der Waals surface area contributed by atoms with E-state index in [1.807, 2.05) is 40.7 Å². The summed E-state index contributed by atoms with van der Waals surface area (Å²) < 4.78 is 11.2. The third-order valence-electron chi connectivity index (χ3n) is 3.54. The van der Waals surface area contributed by atoms with Crippen molar-refractivity contribution in [2.75, 3.05) is 13.2 Å². The number of carbonyl (C=O) groups is 1. The van der Waals surface area contributed by atoms with Crippen LogP contribution in [0.3, 0.4) is 0 Å². The molecule has 5 heteroatoms. The maximum absolute atomic E-state index is 12.1. The van der Waals surface area contributed by atoms with Crippen molar-refractivity contribution >= 4 is 6.09 Å². The van der Waals surface area contributed by atoms with Crippen LogP contribution in [0.4, 0.5) is 4.79 Å². The van der Waals surface area contributed by atoms with Crippen molar-refractivity contribution in [3.8, 4) is 17.6 Å². The molecule has 0 aliphatic carbocycles. The number of ether oxygens (including phenoxy) is 2. The summed E-state index contributed by atoms with van der Waals surface area (Å²) in [7, 11) is 0. The number of rotatable bonds is 4. The molecule has 1 aromatic heterocycles. The van der Waals surface area contributed by atoms with Gasteiger partial charge in [0.05, 0.1) is 12.2 Å². The Bertz CT molecular complexity index is 626. The van der Waals surface area contributed by atoms with Crippen LogP contribution in [-0.4, -0.2) is 40.8 Å². The van der Waals surface area contributed by atoms with Crippen LogP contribution in [0.25, 0.3) is 0 Å². The number of likely N-dealkylation sites (tertiary alicyclic amines) is 1. The molecule has 5 nitrogen and oxygen atoms in total. The van der Waals surface area contributed by atoms with Gasteiger partial charge in [0, 0.05) is 24.7 Å². The predicted octanol–water partition coefficient (Wildman–Crippen LogP) is 4.65. The highest BCUT2D eigenvalue weighted by Crippen LogP contribution is 2.22. The summed E-state index contributed by atoms with van der Waals surface area (Å²) in [5, 5.41) is 0. The molecule has 1 aromatic rings. The lowest BCUT2D eigenvalue weighted by atomic mass is 10.1. The molecule has 0 saturated carbocycles. The molecule has 1 fully saturated rings. The standard InChI is InChI=1S/C19H26N2O3.C2H6/c1-5-6-7-8-15-11-17(13-20-12-15)23-14-16-9-10-21(16)18(22)24-19(2,3)4;1-2/h11-13,16H,5-6,9-10,14H2,1-4H3;1-2H3. The summed E-state index contributed by atoms with van der Waals surface area (Å²) in [6.07, 6.45) is 5.95. The topological polar surface area (TPSA) is 51.7 Å². The van der Waals surface area contributed by atoms with Crippen LogP contribution >= 0.6 is 0 Å². The van der Waals surface area contributed by atoms with E-state index in [2.05, 4.69) is 23.7 Å². The van der Waals surface area contributed by atoms with Crippen LogP contribution in [0.2, 0.25) is 0 Å². The quantitative estimate of drug-likeness (QED) is 0.734. The highest BCUT2D eigenvalue weighted by molar-refractivity contribution is 5.69. The Morgan fingerprint density at radius 2 is 2.08 bits per heavy atom. The number of pyridine rings is 1. The summed E-state index contributed by atoms with van der Waals surface area (Å²) in [6, 6.07) is 1.93. The van der Waals surface area contributed by atoms with E-state index >= 15 is 0 Å². The molecule has 2 rings (SSSR count). The zero-order valence-electron chi connectivity index (χ0n) is 17.0. The fraction of sp³-hybridized carbons (Fsp3) is 0.619.